The molecule has 6 nitrogen and oxygen atoms in total. The van der Waals surface area contributed by atoms with Gasteiger partial charge in [0.2, 0.25) is 0 Å². The Morgan fingerprint density at radius 2 is 2.12 bits per heavy atom. The van der Waals surface area contributed by atoms with Crippen LogP contribution in [0.3, 0.4) is 0 Å². The van der Waals surface area contributed by atoms with Crippen LogP contribution in [0, 0.1) is 0 Å². The van der Waals surface area contributed by atoms with Gasteiger partial charge in [0.05, 0.1) is 0 Å². The molecule has 1 aliphatic rings. The summed E-state index contributed by atoms with van der Waals surface area (Å²) in [5.41, 5.74) is 0. The van der Waals surface area contributed by atoms with E-state index in [-0.39, 0.29) is 13.1 Å². The lowest BCUT2D eigenvalue weighted by atomic mass is 10.1. The van der Waals surface area contributed by atoms with Gasteiger partial charge < -0.3 is 5.11 Å². The predicted molar refractivity (Wildman–Crippen MR) is 59.2 cm³/mol. The van der Waals surface area contributed by atoms with Crippen molar-refractivity contribution in [2.75, 3.05) is 13.1 Å². The molecule has 1 rings (SSSR count). The van der Waals surface area contributed by atoms with Crippen molar-refractivity contribution in [2.24, 2.45) is 0 Å². The fourth-order valence-electron chi connectivity index (χ4n) is 1.88. The molecule has 0 aromatic carbocycles. The lowest BCUT2D eigenvalue weighted by molar-refractivity contribution is -0.141. The Labute approximate surface area is 95.8 Å². The molecular weight excluding hydrogens is 232 g/mol. The molecule has 0 spiro atoms. The van der Waals surface area contributed by atoms with Crippen LogP contribution >= 0.6 is 0 Å². The van der Waals surface area contributed by atoms with Crippen molar-refractivity contribution in [1.29, 1.82) is 0 Å². The third kappa shape index (κ3) is 3.16. The van der Waals surface area contributed by atoms with E-state index < -0.39 is 22.2 Å². The molecular formula is C9H18N2O4S. The number of carbonyl (C=O) groups is 1. The van der Waals surface area contributed by atoms with E-state index in [1.807, 2.05) is 0 Å². The van der Waals surface area contributed by atoms with Gasteiger partial charge >= 0.3 is 5.97 Å². The summed E-state index contributed by atoms with van der Waals surface area (Å²) in [5.74, 6) is -1.07. The molecule has 1 fully saturated rings. The summed E-state index contributed by atoms with van der Waals surface area (Å²) in [6, 6.07) is -0.924. The fourth-order valence-corrected chi connectivity index (χ4v) is 3.31. The number of hydrogen-bond donors (Lipinski definition) is 2. The average molecular weight is 250 g/mol. The summed E-state index contributed by atoms with van der Waals surface area (Å²) in [4.78, 5) is 11.0. The first kappa shape index (κ1) is 13.4. The number of nitrogens with one attached hydrogen (secondary N) is 1. The Bertz CT molecular complexity index is 341. The van der Waals surface area contributed by atoms with E-state index in [4.69, 9.17) is 5.11 Å². The van der Waals surface area contributed by atoms with Gasteiger partial charge in [-0.05, 0) is 12.8 Å². The Hall–Kier alpha value is -0.660. The van der Waals surface area contributed by atoms with E-state index in [0.29, 0.717) is 12.8 Å². The maximum absolute atomic E-state index is 11.8. The van der Waals surface area contributed by atoms with Gasteiger partial charge in [0, 0.05) is 13.1 Å². The van der Waals surface area contributed by atoms with E-state index in [1.54, 1.807) is 6.92 Å². The van der Waals surface area contributed by atoms with Crippen LogP contribution in [0.5, 0.6) is 0 Å². The summed E-state index contributed by atoms with van der Waals surface area (Å²) in [5, 5.41) is 9.03. The van der Waals surface area contributed by atoms with E-state index >= 15 is 0 Å². The standard InChI is InChI=1S/C9H18N2O4S/c1-2-10-16(14,15)11-7-5-3-4-6-8(11)9(12)13/h8,10H,2-7H2,1H3,(H,12,13). The van der Waals surface area contributed by atoms with Crippen LogP contribution in [-0.2, 0) is 15.0 Å². The van der Waals surface area contributed by atoms with Gasteiger partial charge in [0.1, 0.15) is 6.04 Å². The highest BCUT2D eigenvalue weighted by molar-refractivity contribution is 7.87. The minimum absolute atomic E-state index is 0.269. The lowest BCUT2D eigenvalue weighted by Gasteiger charge is -2.25. The third-order valence-electron chi connectivity index (χ3n) is 2.62. The fraction of sp³-hybridized carbons (Fsp3) is 0.889. The van der Waals surface area contributed by atoms with Crippen LogP contribution in [0.4, 0.5) is 0 Å². The molecule has 2 N–H and O–H groups in total. The molecule has 0 amide bonds. The summed E-state index contributed by atoms with van der Waals surface area (Å²) in [6.07, 6.45) is 2.74. The monoisotopic (exact) mass is 250 g/mol. The quantitative estimate of drug-likeness (QED) is 0.744. The zero-order chi connectivity index (χ0) is 12.2. The number of nitrogens with zero attached hydrogens (tertiary/aromatic N) is 1. The molecule has 1 saturated heterocycles. The van der Waals surface area contributed by atoms with Gasteiger partial charge in [0.25, 0.3) is 10.2 Å². The van der Waals surface area contributed by atoms with Crippen LogP contribution in [0.2, 0.25) is 0 Å². The molecule has 16 heavy (non-hydrogen) atoms. The smallest absolute Gasteiger partial charge is 0.322 e. The van der Waals surface area contributed by atoms with Crippen LogP contribution in [0.1, 0.15) is 32.6 Å². The van der Waals surface area contributed by atoms with E-state index in [1.165, 1.54) is 0 Å². The highest BCUT2D eigenvalue weighted by atomic mass is 32.2. The lowest BCUT2D eigenvalue weighted by Crippen LogP contribution is -2.49. The van der Waals surface area contributed by atoms with Gasteiger partial charge in [0.15, 0.2) is 0 Å². The predicted octanol–water partition coefficient (Wildman–Crippen LogP) is 0.170. The second-order valence-corrected chi connectivity index (χ2v) is 5.52. The largest absolute Gasteiger partial charge is 0.480 e. The molecule has 1 heterocycles. The average Bonchev–Trinajstić information content (AvgIpc) is 2.42. The summed E-state index contributed by atoms with van der Waals surface area (Å²) in [6.45, 7) is 2.22. The van der Waals surface area contributed by atoms with Crippen molar-refractivity contribution in [3.05, 3.63) is 0 Å². The van der Waals surface area contributed by atoms with Crippen molar-refractivity contribution >= 4 is 16.2 Å². The number of carboxylic acids is 1. The first-order valence-corrected chi connectivity index (χ1v) is 6.92. The van der Waals surface area contributed by atoms with Gasteiger partial charge in [-0.1, -0.05) is 19.8 Å². The van der Waals surface area contributed by atoms with E-state index in [2.05, 4.69) is 4.72 Å². The second kappa shape index (κ2) is 5.60. The van der Waals surface area contributed by atoms with Crippen LogP contribution in [-0.4, -0.2) is 42.9 Å². The third-order valence-corrected chi connectivity index (χ3v) is 4.33. The normalized spacial score (nSPS) is 23.9. The van der Waals surface area contributed by atoms with Gasteiger partial charge in [-0.3, -0.25) is 4.79 Å². The minimum Gasteiger partial charge on any atom is -0.480 e. The zero-order valence-electron chi connectivity index (χ0n) is 9.35. The van der Waals surface area contributed by atoms with Crippen molar-refractivity contribution in [3.8, 4) is 0 Å². The first-order chi connectivity index (χ1) is 7.49. The maximum Gasteiger partial charge on any atom is 0.322 e. The van der Waals surface area contributed by atoms with Crippen molar-refractivity contribution in [3.63, 3.8) is 0 Å². The zero-order valence-corrected chi connectivity index (χ0v) is 10.2. The van der Waals surface area contributed by atoms with Gasteiger partial charge in [-0.2, -0.15) is 12.7 Å². The molecule has 1 unspecified atom stereocenters. The second-order valence-electron chi connectivity index (χ2n) is 3.82. The number of hydrogen-bond acceptors (Lipinski definition) is 3. The van der Waals surface area contributed by atoms with Crippen molar-refractivity contribution < 1.29 is 18.3 Å². The molecule has 0 saturated carbocycles. The summed E-state index contributed by atoms with van der Waals surface area (Å²) < 4.78 is 27.0. The Kier molecular flexibility index (Phi) is 4.69. The number of rotatable bonds is 4. The number of carboxylic acid groups (broad SMARTS) is 1. The van der Waals surface area contributed by atoms with Gasteiger partial charge in [-0.15, -0.1) is 0 Å². The van der Waals surface area contributed by atoms with Crippen LogP contribution in [0.15, 0.2) is 0 Å². The van der Waals surface area contributed by atoms with E-state index in [0.717, 1.165) is 17.1 Å². The molecule has 1 aliphatic heterocycles. The molecule has 94 valence electrons. The van der Waals surface area contributed by atoms with Gasteiger partial charge in [-0.25, -0.2) is 4.72 Å². The molecule has 0 bridgehead atoms. The highest BCUT2D eigenvalue weighted by Gasteiger charge is 2.34. The van der Waals surface area contributed by atoms with Crippen LogP contribution < -0.4 is 4.72 Å². The highest BCUT2D eigenvalue weighted by Crippen LogP contribution is 2.19. The van der Waals surface area contributed by atoms with Crippen molar-refractivity contribution in [1.82, 2.24) is 9.03 Å². The van der Waals surface area contributed by atoms with Crippen molar-refractivity contribution in [2.45, 2.75) is 38.6 Å². The number of aliphatic carboxylic acids is 1. The summed E-state index contributed by atoms with van der Waals surface area (Å²) in [7, 11) is -3.65. The molecule has 7 heteroatoms. The SMILES string of the molecule is CCNS(=O)(=O)N1CCCCCC1C(=O)O. The molecule has 0 aromatic heterocycles. The topological polar surface area (TPSA) is 86.7 Å². The Morgan fingerprint density at radius 1 is 1.44 bits per heavy atom. The maximum atomic E-state index is 11.8. The Morgan fingerprint density at radius 3 is 2.69 bits per heavy atom. The molecule has 0 aromatic rings. The van der Waals surface area contributed by atoms with E-state index in [9.17, 15) is 13.2 Å². The summed E-state index contributed by atoms with van der Waals surface area (Å²) >= 11 is 0. The Balaban J connectivity index is 2.91. The molecule has 1 atom stereocenters. The minimum atomic E-state index is -3.65. The van der Waals surface area contributed by atoms with Crippen LogP contribution in [0.25, 0.3) is 0 Å². The molecule has 0 radical (unpaired) electrons. The molecule has 0 aliphatic carbocycles. The first-order valence-electron chi connectivity index (χ1n) is 5.48.